The molecule has 0 fully saturated rings. The number of nitrogens with zero attached hydrogens (tertiary/aromatic N) is 1. The number of ketones is 1. The van der Waals surface area contributed by atoms with Crippen molar-refractivity contribution in [3.8, 4) is 0 Å². The summed E-state index contributed by atoms with van der Waals surface area (Å²) in [7, 11) is 0. The molecule has 0 saturated carbocycles. The van der Waals surface area contributed by atoms with Crippen LogP contribution in [0, 0.1) is 0 Å². The Kier molecular flexibility index (Phi) is 2.36. The van der Waals surface area contributed by atoms with E-state index in [0.29, 0.717) is 6.42 Å². The van der Waals surface area contributed by atoms with Crippen molar-refractivity contribution in [2.24, 2.45) is 0 Å². The van der Waals surface area contributed by atoms with E-state index in [-0.39, 0.29) is 5.78 Å². The lowest BCUT2D eigenvalue weighted by atomic mass is 10.2. The minimum Gasteiger partial charge on any atom is -0.361 e. The molecule has 2 aromatic heterocycles. The van der Waals surface area contributed by atoms with Gasteiger partial charge in [-0.25, -0.2) is 4.98 Å². The number of rotatable bonds is 2. The first-order valence-electron chi connectivity index (χ1n) is 6.67. The molecule has 98 valence electrons. The van der Waals surface area contributed by atoms with Crippen LogP contribution in [-0.2, 0) is 6.42 Å². The fraction of sp³-hybridized carbons (Fsp3) is 0.125. The van der Waals surface area contributed by atoms with Gasteiger partial charge in [0.15, 0.2) is 5.78 Å². The van der Waals surface area contributed by atoms with Crippen molar-refractivity contribution >= 4 is 28.2 Å². The van der Waals surface area contributed by atoms with Gasteiger partial charge >= 0.3 is 0 Å². The molecule has 1 aliphatic carbocycles. The number of hydrogen-bond donors (Lipinski definition) is 2. The number of fused-ring (bicyclic) bond motifs is 2. The maximum Gasteiger partial charge on any atom is 0.165 e. The van der Waals surface area contributed by atoms with Gasteiger partial charge in [0.1, 0.15) is 5.82 Å². The van der Waals surface area contributed by atoms with Crippen LogP contribution < -0.4 is 5.32 Å². The van der Waals surface area contributed by atoms with Gasteiger partial charge in [-0.15, -0.1) is 0 Å². The number of benzene rings is 1. The maximum absolute atomic E-state index is 11.6. The summed E-state index contributed by atoms with van der Waals surface area (Å²) in [6.45, 7) is 0. The second-order valence-electron chi connectivity index (χ2n) is 5.02. The number of anilines is 2. The number of H-pyrrole nitrogens is 1. The first-order valence-corrected chi connectivity index (χ1v) is 6.67. The van der Waals surface area contributed by atoms with Gasteiger partial charge in [0.25, 0.3) is 0 Å². The third-order valence-electron chi connectivity index (χ3n) is 3.69. The molecule has 0 atom stereocenters. The van der Waals surface area contributed by atoms with Crippen LogP contribution in [-0.4, -0.2) is 15.8 Å². The molecule has 0 saturated heterocycles. The summed E-state index contributed by atoms with van der Waals surface area (Å²) < 4.78 is 0. The third kappa shape index (κ3) is 1.77. The highest BCUT2D eigenvalue weighted by atomic mass is 16.1. The summed E-state index contributed by atoms with van der Waals surface area (Å²) in [4.78, 5) is 19.3. The molecule has 0 bridgehead atoms. The highest BCUT2D eigenvalue weighted by molar-refractivity contribution is 6.00. The Balaban J connectivity index is 1.67. The molecule has 3 aromatic rings. The first-order chi connectivity index (χ1) is 9.79. The molecule has 2 N–H and O–H groups in total. The van der Waals surface area contributed by atoms with Gasteiger partial charge < -0.3 is 10.3 Å². The Hall–Kier alpha value is -2.62. The lowest BCUT2D eigenvalue weighted by Crippen LogP contribution is -1.98. The molecule has 0 spiro atoms. The number of Topliss-reactive ketones (excluding diaryl/α,β-unsaturated/α-hetero) is 1. The van der Waals surface area contributed by atoms with Crippen molar-refractivity contribution in [1.82, 2.24) is 9.97 Å². The van der Waals surface area contributed by atoms with Crippen molar-refractivity contribution in [3.63, 3.8) is 0 Å². The average molecular weight is 263 g/mol. The molecule has 20 heavy (non-hydrogen) atoms. The van der Waals surface area contributed by atoms with E-state index in [2.05, 4.69) is 27.4 Å². The Morgan fingerprint density at radius 2 is 2.05 bits per heavy atom. The quantitative estimate of drug-likeness (QED) is 0.744. The number of carbonyl (C=O) groups excluding carboxylic acids is 1. The van der Waals surface area contributed by atoms with Gasteiger partial charge in [-0.3, -0.25) is 4.79 Å². The van der Waals surface area contributed by atoms with E-state index in [1.165, 1.54) is 5.39 Å². The normalized spacial score (nSPS) is 13.7. The number of hydrogen-bond acceptors (Lipinski definition) is 3. The Morgan fingerprint density at radius 1 is 1.10 bits per heavy atom. The fourth-order valence-electron chi connectivity index (χ4n) is 2.66. The molecule has 2 heterocycles. The Labute approximate surface area is 115 Å². The molecule has 1 aromatic carbocycles. The molecule has 1 aliphatic rings. The molecule has 0 aliphatic heterocycles. The zero-order valence-electron chi connectivity index (χ0n) is 10.8. The van der Waals surface area contributed by atoms with E-state index in [1.807, 2.05) is 30.5 Å². The third-order valence-corrected chi connectivity index (χ3v) is 3.69. The van der Waals surface area contributed by atoms with Crippen LogP contribution in [0.3, 0.4) is 0 Å². The number of carbonyl (C=O) groups is 1. The van der Waals surface area contributed by atoms with Crippen LogP contribution in [0.5, 0.6) is 0 Å². The van der Waals surface area contributed by atoms with E-state index in [1.54, 1.807) is 0 Å². The fourth-order valence-corrected chi connectivity index (χ4v) is 2.66. The number of aromatic amines is 1. The summed E-state index contributed by atoms with van der Waals surface area (Å²) in [5.41, 5.74) is 3.75. The van der Waals surface area contributed by atoms with E-state index in [4.69, 9.17) is 0 Å². The van der Waals surface area contributed by atoms with E-state index in [9.17, 15) is 4.79 Å². The summed E-state index contributed by atoms with van der Waals surface area (Å²) in [6.07, 6.45) is 3.26. The predicted octanol–water partition coefficient (Wildman–Crippen LogP) is 3.44. The lowest BCUT2D eigenvalue weighted by Gasteiger charge is -2.07. The predicted molar refractivity (Wildman–Crippen MR) is 78.5 cm³/mol. The van der Waals surface area contributed by atoms with Crippen LogP contribution in [0.1, 0.15) is 22.5 Å². The zero-order valence-corrected chi connectivity index (χ0v) is 10.8. The van der Waals surface area contributed by atoms with Crippen LogP contribution in [0.4, 0.5) is 11.5 Å². The molecular formula is C16H13N3O. The monoisotopic (exact) mass is 263 g/mol. The summed E-state index contributed by atoms with van der Waals surface area (Å²) in [6, 6.07) is 11.9. The van der Waals surface area contributed by atoms with Crippen molar-refractivity contribution in [3.05, 3.63) is 53.9 Å². The van der Waals surface area contributed by atoms with Crippen LogP contribution in [0.15, 0.2) is 42.6 Å². The molecular weight excluding hydrogens is 250 g/mol. The van der Waals surface area contributed by atoms with Gasteiger partial charge in [0.05, 0.1) is 5.69 Å². The van der Waals surface area contributed by atoms with Crippen LogP contribution in [0.2, 0.25) is 0 Å². The van der Waals surface area contributed by atoms with Gasteiger partial charge in [0.2, 0.25) is 0 Å². The first kappa shape index (κ1) is 11.2. The van der Waals surface area contributed by atoms with Crippen molar-refractivity contribution in [2.75, 3.05) is 5.32 Å². The van der Waals surface area contributed by atoms with Crippen LogP contribution >= 0.6 is 0 Å². The van der Waals surface area contributed by atoms with Crippen molar-refractivity contribution < 1.29 is 4.79 Å². The second kappa shape index (κ2) is 4.20. The highest BCUT2D eigenvalue weighted by Gasteiger charge is 2.20. The number of aromatic nitrogens is 2. The summed E-state index contributed by atoms with van der Waals surface area (Å²) in [5.74, 6) is 0.983. The second-order valence-corrected chi connectivity index (χ2v) is 5.02. The summed E-state index contributed by atoms with van der Waals surface area (Å²) >= 11 is 0. The number of pyridine rings is 1. The smallest absolute Gasteiger partial charge is 0.165 e. The Morgan fingerprint density at radius 3 is 3.00 bits per heavy atom. The largest absolute Gasteiger partial charge is 0.361 e. The molecule has 0 unspecified atom stereocenters. The molecule has 0 amide bonds. The summed E-state index contributed by atoms with van der Waals surface area (Å²) in [5, 5.41) is 4.47. The highest BCUT2D eigenvalue weighted by Crippen LogP contribution is 2.24. The van der Waals surface area contributed by atoms with Gasteiger partial charge in [-0.1, -0.05) is 6.07 Å². The average Bonchev–Trinajstić information content (AvgIpc) is 3.05. The minimum absolute atomic E-state index is 0.201. The molecule has 4 nitrogen and oxygen atoms in total. The standard InChI is InChI=1S/C16H13N3O/c20-15-5-4-13-12(15)3-6-16(19-13)18-11-2-1-10-7-8-17-14(10)9-11/h1-3,6-9,17H,4-5H2,(H,18,19). The molecule has 4 heteroatoms. The minimum atomic E-state index is 0.201. The molecule has 0 radical (unpaired) electrons. The van der Waals surface area contributed by atoms with Gasteiger partial charge in [0, 0.05) is 29.4 Å². The van der Waals surface area contributed by atoms with Crippen molar-refractivity contribution in [2.45, 2.75) is 12.8 Å². The maximum atomic E-state index is 11.6. The van der Waals surface area contributed by atoms with Gasteiger partial charge in [-0.05, 0) is 42.1 Å². The number of nitrogens with one attached hydrogen (secondary N) is 2. The van der Waals surface area contributed by atoms with E-state index in [0.717, 1.165) is 34.7 Å². The van der Waals surface area contributed by atoms with E-state index >= 15 is 0 Å². The topological polar surface area (TPSA) is 57.8 Å². The number of aryl methyl sites for hydroxylation is 1. The zero-order chi connectivity index (χ0) is 13.5. The lowest BCUT2D eigenvalue weighted by molar-refractivity contribution is 0.0994. The van der Waals surface area contributed by atoms with Crippen LogP contribution in [0.25, 0.3) is 10.9 Å². The SMILES string of the molecule is O=C1CCc2nc(Nc3ccc4cc[nH]c4c3)ccc21. The van der Waals surface area contributed by atoms with Gasteiger partial charge in [-0.2, -0.15) is 0 Å². The van der Waals surface area contributed by atoms with Crippen molar-refractivity contribution in [1.29, 1.82) is 0 Å². The molecule has 4 rings (SSSR count). The Bertz CT molecular complexity index is 819. The van der Waals surface area contributed by atoms with E-state index < -0.39 is 0 Å².